The SMILES string of the molecule is CC(C)(CC1CC1C#N)[S@](N)=O. The molecule has 68 valence electrons. The maximum Gasteiger partial charge on any atom is 0.0945 e. The monoisotopic (exact) mass is 186 g/mol. The van der Waals surface area contributed by atoms with Crippen LogP contribution in [0.2, 0.25) is 0 Å². The van der Waals surface area contributed by atoms with Crippen molar-refractivity contribution in [3.8, 4) is 6.07 Å². The summed E-state index contributed by atoms with van der Waals surface area (Å²) in [6.07, 6.45) is 1.76. The Morgan fingerprint density at radius 2 is 2.33 bits per heavy atom. The summed E-state index contributed by atoms with van der Waals surface area (Å²) < 4.78 is 10.7. The summed E-state index contributed by atoms with van der Waals surface area (Å²) in [4.78, 5) is 0. The van der Waals surface area contributed by atoms with Gasteiger partial charge in [0.25, 0.3) is 0 Å². The highest BCUT2D eigenvalue weighted by Gasteiger charge is 2.42. The molecule has 3 atom stereocenters. The van der Waals surface area contributed by atoms with Crippen molar-refractivity contribution in [3.63, 3.8) is 0 Å². The van der Waals surface area contributed by atoms with Crippen molar-refractivity contribution in [1.29, 1.82) is 5.26 Å². The van der Waals surface area contributed by atoms with Gasteiger partial charge in [-0.1, -0.05) is 0 Å². The van der Waals surface area contributed by atoms with E-state index in [9.17, 15) is 4.21 Å². The van der Waals surface area contributed by atoms with Crippen molar-refractivity contribution in [3.05, 3.63) is 0 Å². The van der Waals surface area contributed by atoms with E-state index in [0.29, 0.717) is 5.92 Å². The van der Waals surface area contributed by atoms with Gasteiger partial charge in [-0.25, -0.2) is 4.21 Å². The highest BCUT2D eigenvalue weighted by atomic mass is 32.2. The van der Waals surface area contributed by atoms with E-state index >= 15 is 0 Å². The molecule has 1 rings (SSSR count). The Kier molecular flexibility index (Phi) is 2.55. The fourth-order valence-electron chi connectivity index (χ4n) is 1.34. The van der Waals surface area contributed by atoms with Crippen LogP contribution in [-0.4, -0.2) is 8.96 Å². The molecule has 12 heavy (non-hydrogen) atoms. The third-order valence-electron chi connectivity index (χ3n) is 2.39. The lowest BCUT2D eigenvalue weighted by Gasteiger charge is -2.20. The molecule has 0 heterocycles. The molecular formula is C8H14N2OS. The quantitative estimate of drug-likeness (QED) is 0.712. The lowest BCUT2D eigenvalue weighted by atomic mass is 10.1. The Morgan fingerprint density at radius 1 is 1.75 bits per heavy atom. The maximum absolute atomic E-state index is 11.0. The van der Waals surface area contributed by atoms with Crippen molar-refractivity contribution >= 4 is 11.0 Å². The summed E-state index contributed by atoms with van der Waals surface area (Å²) in [5.41, 5.74) is 0. The molecule has 0 aromatic rings. The fraction of sp³-hybridized carbons (Fsp3) is 0.875. The Labute approximate surface area is 75.5 Å². The molecular weight excluding hydrogens is 172 g/mol. The molecule has 0 saturated heterocycles. The molecule has 2 N–H and O–H groups in total. The van der Waals surface area contributed by atoms with E-state index in [4.69, 9.17) is 10.4 Å². The van der Waals surface area contributed by atoms with E-state index in [1.165, 1.54) is 0 Å². The van der Waals surface area contributed by atoms with Crippen molar-refractivity contribution < 1.29 is 4.21 Å². The highest BCUT2D eigenvalue weighted by molar-refractivity contribution is 7.84. The number of hydrogen-bond donors (Lipinski definition) is 1. The van der Waals surface area contributed by atoms with Crippen molar-refractivity contribution in [2.75, 3.05) is 0 Å². The van der Waals surface area contributed by atoms with Crippen LogP contribution in [-0.2, 0) is 11.0 Å². The van der Waals surface area contributed by atoms with Crippen LogP contribution in [0.25, 0.3) is 0 Å². The number of nitrogens with zero attached hydrogens (tertiary/aromatic N) is 1. The van der Waals surface area contributed by atoms with E-state index < -0.39 is 11.0 Å². The van der Waals surface area contributed by atoms with Crippen LogP contribution in [0, 0.1) is 23.2 Å². The molecule has 0 radical (unpaired) electrons. The van der Waals surface area contributed by atoms with Crippen LogP contribution >= 0.6 is 0 Å². The largest absolute Gasteiger partial charge is 0.251 e. The second kappa shape index (κ2) is 3.15. The third kappa shape index (κ3) is 2.05. The van der Waals surface area contributed by atoms with Gasteiger partial charge >= 0.3 is 0 Å². The number of nitrogens with two attached hydrogens (primary N) is 1. The summed E-state index contributed by atoms with van der Waals surface area (Å²) in [7, 11) is -1.28. The molecule has 2 unspecified atom stereocenters. The first kappa shape index (κ1) is 9.69. The van der Waals surface area contributed by atoms with Gasteiger partial charge in [-0.05, 0) is 32.6 Å². The Bertz CT molecular complexity index is 244. The molecule has 3 nitrogen and oxygen atoms in total. The molecule has 0 spiro atoms. The predicted molar refractivity (Wildman–Crippen MR) is 48.2 cm³/mol. The average molecular weight is 186 g/mol. The molecule has 0 aromatic heterocycles. The van der Waals surface area contributed by atoms with Gasteiger partial charge in [0.2, 0.25) is 0 Å². The Balaban J connectivity index is 2.43. The van der Waals surface area contributed by atoms with E-state index in [1.807, 2.05) is 13.8 Å². The highest BCUT2D eigenvalue weighted by Crippen LogP contribution is 2.44. The molecule has 1 saturated carbocycles. The second-order valence-corrected chi connectivity index (χ2v) is 5.69. The van der Waals surface area contributed by atoms with Gasteiger partial charge in [0.15, 0.2) is 0 Å². The molecule has 0 aliphatic heterocycles. The molecule has 1 fully saturated rings. The Hall–Kier alpha value is -0.400. The van der Waals surface area contributed by atoms with E-state index in [1.54, 1.807) is 0 Å². The minimum absolute atomic E-state index is 0.188. The molecule has 0 aromatic carbocycles. The first-order chi connectivity index (χ1) is 5.47. The molecule has 4 heteroatoms. The maximum atomic E-state index is 11.0. The molecule has 1 aliphatic carbocycles. The van der Waals surface area contributed by atoms with Crippen LogP contribution in [0.4, 0.5) is 0 Å². The van der Waals surface area contributed by atoms with Crippen molar-refractivity contribution in [2.24, 2.45) is 17.0 Å². The lowest BCUT2D eigenvalue weighted by Crippen LogP contribution is -2.32. The van der Waals surface area contributed by atoms with Gasteiger partial charge < -0.3 is 0 Å². The zero-order valence-electron chi connectivity index (χ0n) is 7.41. The second-order valence-electron chi connectivity index (χ2n) is 3.99. The first-order valence-electron chi connectivity index (χ1n) is 4.03. The standard InChI is InChI=1S/C8H14N2OS/c1-8(2,12(10)11)4-6-3-7(6)5-9/h6-7H,3-4,10H2,1-2H3/t6?,7?,12-/m1/s1. The first-order valence-corrected chi connectivity index (χ1v) is 5.24. The predicted octanol–water partition coefficient (Wildman–Crippen LogP) is 0.937. The minimum Gasteiger partial charge on any atom is -0.251 e. The number of rotatable bonds is 3. The zero-order valence-corrected chi connectivity index (χ0v) is 8.23. The van der Waals surface area contributed by atoms with Gasteiger partial charge in [-0.2, -0.15) is 5.26 Å². The lowest BCUT2D eigenvalue weighted by molar-refractivity contribution is 0.546. The van der Waals surface area contributed by atoms with Crippen LogP contribution < -0.4 is 5.14 Å². The molecule has 1 aliphatic rings. The normalized spacial score (nSPS) is 30.8. The molecule has 0 bridgehead atoms. The number of hydrogen-bond acceptors (Lipinski definition) is 2. The van der Waals surface area contributed by atoms with Crippen LogP contribution in [0.5, 0.6) is 0 Å². The number of nitriles is 1. The van der Waals surface area contributed by atoms with Gasteiger partial charge in [0.05, 0.1) is 21.8 Å². The van der Waals surface area contributed by atoms with E-state index in [2.05, 4.69) is 6.07 Å². The third-order valence-corrected chi connectivity index (χ3v) is 3.64. The average Bonchev–Trinajstić information content (AvgIpc) is 2.66. The van der Waals surface area contributed by atoms with Gasteiger partial charge in [-0.15, -0.1) is 0 Å². The minimum atomic E-state index is -1.28. The summed E-state index contributed by atoms with van der Waals surface area (Å²) in [5.74, 6) is 0.616. The van der Waals surface area contributed by atoms with Gasteiger partial charge in [0.1, 0.15) is 0 Å². The molecule has 0 amide bonds. The van der Waals surface area contributed by atoms with E-state index in [0.717, 1.165) is 12.8 Å². The summed E-state index contributed by atoms with van der Waals surface area (Å²) in [6, 6.07) is 2.21. The summed E-state index contributed by atoms with van der Waals surface area (Å²) in [6.45, 7) is 3.77. The van der Waals surface area contributed by atoms with Crippen molar-refractivity contribution in [2.45, 2.75) is 31.4 Å². The van der Waals surface area contributed by atoms with Crippen molar-refractivity contribution in [1.82, 2.24) is 0 Å². The van der Waals surface area contributed by atoms with Crippen LogP contribution in [0.1, 0.15) is 26.7 Å². The summed E-state index contributed by atoms with van der Waals surface area (Å²) >= 11 is 0. The topological polar surface area (TPSA) is 66.9 Å². The van der Waals surface area contributed by atoms with E-state index in [-0.39, 0.29) is 10.7 Å². The zero-order chi connectivity index (χ0) is 9.35. The van der Waals surface area contributed by atoms with Gasteiger partial charge in [0, 0.05) is 5.92 Å². The van der Waals surface area contributed by atoms with Gasteiger partial charge in [-0.3, -0.25) is 5.14 Å². The fourth-order valence-corrected chi connectivity index (χ4v) is 1.72. The summed E-state index contributed by atoms with van der Waals surface area (Å²) in [5, 5.41) is 13.9. The smallest absolute Gasteiger partial charge is 0.0945 e. The van der Waals surface area contributed by atoms with Crippen LogP contribution in [0.3, 0.4) is 0 Å². The Morgan fingerprint density at radius 3 is 2.67 bits per heavy atom. The van der Waals surface area contributed by atoms with Crippen LogP contribution in [0.15, 0.2) is 0 Å².